The lowest BCUT2D eigenvalue weighted by Crippen LogP contribution is -2.50. The van der Waals surface area contributed by atoms with Crippen molar-refractivity contribution >= 4 is 17.7 Å². The van der Waals surface area contributed by atoms with Gasteiger partial charge in [-0.2, -0.15) is 11.8 Å². The van der Waals surface area contributed by atoms with Gasteiger partial charge < -0.3 is 24.6 Å². The zero-order chi connectivity index (χ0) is 20.4. The maximum Gasteiger partial charge on any atom is 0.193 e. The molecule has 1 aliphatic heterocycles. The highest BCUT2D eigenvalue weighted by Gasteiger charge is 2.28. The SMILES string of the molecule is CN=C(NCc1cccc(OCCN(C)CCOC)c1)N1CCSC(C)(C)C1. The summed E-state index contributed by atoms with van der Waals surface area (Å²) in [6, 6.07) is 8.28. The van der Waals surface area contributed by atoms with E-state index in [0.29, 0.717) is 6.61 Å². The Morgan fingerprint density at radius 2 is 2.11 bits per heavy atom. The minimum Gasteiger partial charge on any atom is -0.492 e. The summed E-state index contributed by atoms with van der Waals surface area (Å²) in [6.07, 6.45) is 0. The third-order valence-corrected chi connectivity index (χ3v) is 6.00. The highest BCUT2D eigenvalue weighted by molar-refractivity contribution is 8.00. The van der Waals surface area contributed by atoms with E-state index in [9.17, 15) is 0 Å². The molecule has 1 heterocycles. The Bertz CT molecular complexity index is 624. The summed E-state index contributed by atoms with van der Waals surface area (Å²) >= 11 is 2.03. The van der Waals surface area contributed by atoms with Crippen LogP contribution in [0.1, 0.15) is 19.4 Å². The second kappa shape index (κ2) is 11.5. The van der Waals surface area contributed by atoms with E-state index in [0.717, 1.165) is 56.8 Å². The molecule has 0 aromatic heterocycles. The Balaban J connectivity index is 1.81. The molecule has 1 saturated heterocycles. The zero-order valence-corrected chi connectivity index (χ0v) is 18.8. The van der Waals surface area contributed by atoms with Crippen molar-refractivity contribution in [2.45, 2.75) is 25.1 Å². The first-order valence-electron chi connectivity index (χ1n) is 9.92. The Morgan fingerprint density at radius 3 is 2.82 bits per heavy atom. The molecule has 0 radical (unpaired) electrons. The molecule has 7 heteroatoms. The third-order valence-electron chi connectivity index (χ3n) is 4.70. The second-order valence-corrected chi connectivity index (χ2v) is 9.52. The van der Waals surface area contributed by atoms with Crippen molar-refractivity contribution in [2.75, 3.05) is 66.4 Å². The van der Waals surface area contributed by atoms with E-state index >= 15 is 0 Å². The summed E-state index contributed by atoms with van der Waals surface area (Å²) in [7, 11) is 5.66. The van der Waals surface area contributed by atoms with Gasteiger partial charge in [-0.1, -0.05) is 12.1 Å². The molecule has 0 atom stereocenters. The van der Waals surface area contributed by atoms with E-state index in [1.54, 1.807) is 7.11 Å². The second-order valence-electron chi connectivity index (χ2n) is 7.72. The van der Waals surface area contributed by atoms with Gasteiger partial charge in [-0.05, 0) is 38.6 Å². The van der Waals surface area contributed by atoms with Crippen molar-refractivity contribution in [3.8, 4) is 5.75 Å². The molecule has 1 N–H and O–H groups in total. The Labute approximate surface area is 174 Å². The smallest absolute Gasteiger partial charge is 0.193 e. The number of thioether (sulfide) groups is 1. The average molecular weight is 409 g/mol. The number of nitrogens with zero attached hydrogens (tertiary/aromatic N) is 3. The highest BCUT2D eigenvalue weighted by atomic mass is 32.2. The summed E-state index contributed by atoms with van der Waals surface area (Å²) in [5.74, 6) is 3.01. The van der Waals surface area contributed by atoms with Crippen molar-refractivity contribution in [3.05, 3.63) is 29.8 Å². The van der Waals surface area contributed by atoms with Gasteiger partial charge in [0.2, 0.25) is 0 Å². The van der Waals surface area contributed by atoms with Crippen LogP contribution in [0.2, 0.25) is 0 Å². The van der Waals surface area contributed by atoms with E-state index in [4.69, 9.17) is 9.47 Å². The number of likely N-dealkylation sites (N-methyl/N-ethyl adjacent to an activating group) is 1. The van der Waals surface area contributed by atoms with Crippen molar-refractivity contribution in [1.29, 1.82) is 0 Å². The van der Waals surface area contributed by atoms with Gasteiger partial charge in [0.15, 0.2) is 5.96 Å². The van der Waals surface area contributed by atoms with E-state index in [2.05, 4.69) is 53.1 Å². The quantitative estimate of drug-likeness (QED) is 0.501. The topological polar surface area (TPSA) is 49.3 Å². The van der Waals surface area contributed by atoms with Crippen LogP contribution in [0.4, 0.5) is 0 Å². The number of rotatable bonds is 9. The molecule has 0 saturated carbocycles. The lowest BCUT2D eigenvalue weighted by Gasteiger charge is -2.39. The summed E-state index contributed by atoms with van der Waals surface area (Å²) in [5, 5.41) is 3.51. The van der Waals surface area contributed by atoms with Crippen LogP contribution in [0.5, 0.6) is 5.75 Å². The fourth-order valence-corrected chi connectivity index (χ4v) is 4.25. The maximum absolute atomic E-state index is 5.92. The van der Waals surface area contributed by atoms with Crippen molar-refractivity contribution in [2.24, 2.45) is 4.99 Å². The van der Waals surface area contributed by atoms with Gasteiger partial charge in [0.05, 0.1) is 6.61 Å². The summed E-state index contributed by atoms with van der Waals surface area (Å²) in [5.41, 5.74) is 1.19. The first-order valence-corrected chi connectivity index (χ1v) is 10.9. The predicted molar refractivity (Wildman–Crippen MR) is 120 cm³/mol. The Kier molecular flexibility index (Phi) is 9.41. The van der Waals surface area contributed by atoms with Gasteiger partial charge in [-0.3, -0.25) is 4.99 Å². The normalized spacial score (nSPS) is 17.1. The van der Waals surface area contributed by atoms with Crippen molar-refractivity contribution < 1.29 is 9.47 Å². The number of guanidine groups is 1. The molecule has 158 valence electrons. The highest BCUT2D eigenvalue weighted by Crippen LogP contribution is 2.29. The molecule has 1 fully saturated rings. The Morgan fingerprint density at radius 1 is 1.32 bits per heavy atom. The van der Waals surface area contributed by atoms with Crippen LogP contribution in [0.15, 0.2) is 29.3 Å². The number of hydrogen-bond donors (Lipinski definition) is 1. The van der Waals surface area contributed by atoms with Crippen molar-refractivity contribution in [3.63, 3.8) is 0 Å². The van der Waals surface area contributed by atoms with E-state index in [1.807, 2.05) is 30.9 Å². The first-order chi connectivity index (χ1) is 13.4. The number of hydrogen-bond acceptors (Lipinski definition) is 5. The molecule has 0 unspecified atom stereocenters. The molecule has 1 aromatic rings. The van der Waals surface area contributed by atoms with Gasteiger partial charge in [-0.15, -0.1) is 0 Å². The largest absolute Gasteiger partial charge is 0.492 e. The van der Waals surface area contributed by atoms with Gasteiger partial charge in [0.1, 0.15) is 12.4 Å². The molecule has 28 heavy (non-hydrogen) atoms. The average Bonchev–Trinajstić information content (AvgIpc) is 2.66. The van der Waals surface area contributed by atoms with Gasteiger partial charge in [0, 0.05) is 57.4 Å². The van der Waals surface area contributed by atoms with Crippen LogP contribution in [-0.2, 0) is 11.3 Å². The molecule has 6 nitrogen and oxygen atoms in total. The van der Waals surface area contributed by atoms with E-state index in [-0.39, 0.29) is 4.75 Å². The van der Waals surface area contributed by atoms with Crippen LogP contribution in [0.3, 0.4) is 0 Å². The lowest BCUT2D eigenvalue weighted by molar-refractivity contribution is 0.150. The molecule has 1 aliphatic rings. The number of benzene rings is 1. The van der Waals surface area contributed by atoms with Gasteiger partial charge in [-0.25, -0.2) is 0 Å². The van der Waals surface area contributed by atoms with Crippen LogP contribution in [-0.4, -0.2) is 86.9 Å². The first kappa shape index (κ1) is 22.8. The lowest BCUT2D eigenvalue weighted by atomic mass is 10.2. The third kappa shape index (κ3) is 7.89. The predicted octanol–water partition coefficient (Wildman–Crippen LogP) is 2.55. The summed E-state index contributed by atoms with van der Waals surface area (Å²) in [6.45, 7) is 10.6. The summed E-state index contributed by atoms with van der Waals surface area (Å²) in [4.78, 5) is 9.04. The Hall–Kier alpha value is -1.44. The minimum atomic E-state index is 0.264. The fourth-order valence-electron chi connectivity index (χ4n) is 3.13. The number of ether oxygens (including phenoxy) is 2. The number of methoxy groups -OCH3 is 1. The molecule has 0 bridgehead atoms. The molecule has 0 spiro atoms. The maximum atomic E-state index is 5.92. The zero-order valence-electron chi connectivity index (χ0n) is 18.0. The number of nitrogens with one attached hydrogen (secondary N) is 1. The van der Waals surface area contributed by atoms with Gasteiger partial charge >= 0.3 is 0 Å². The monoisotopic (exact) mass is 408 g/mol. The molecule has 0 amide bonds. The van der Waals surface area contributed by atoms with Crippen LogP contribution in [0.25, 0.3) is 0 Å². The number of aliphatic imine (C=N–C) groups is 1. The molecular formula is C21H36N4O2S. The fraction of sp³-hybridized carbons (Fsp3) is 0.667. The summed E-state index contributed by atoms with van der Waals surface area (Å²) < 4.78 is 11.3. The van der Waals surface area contributed by atoms with Crippen LogP contribution >= 0.6 is 11.8 Å². The van der Waals surface area contributed by atoms with Crippen molar-refractivity contribution in [1.82, 2.24) is 15.1 Å². The van der Waals surface area contributed by atoms with E-state index < -0.39 is 0 Å². The minimum absolute atomic E-state index is 0.264. The molecule has 2 rings (SSSR count). The standard InChI is InChI=1S/C21H36N4O2S/c1-21(2)17-25(11-14-28-21)20(22-3)23-16-18-7-6-8-19(15-18)27-13-10-24(4)9-12-26-5/h6-8,15H,9-14,16-17H2,1-5H3,(H,22,23). The van der Waals surface area contributed by atoms with Crippen LogP contribution in [0, 0.1) is 0 Å². The molecule has 0 aliphatic carbocycles. The molecular weight excluding hydrogens is 372 g/mol. The molecule has 1 aromatic carbocycles. The van der Waals surface area contributed by atoms with Crippen LogP contribution < -0.4 is 10.1 Å². The van der Waals surface area contributed by atoms with E-state index in [1.165, 1.54) is 5.56 Å². The van der Waals surface area contributed by atoms with Gasteiger partial charge in [0.25, 0.3) is 0 Å².